The first-order valence-electron chi connectivity index (χ1n) is 9.79. The standard InChI is InChI=1S/C21H36O/c1-21(2)14-12-19(13-15-21)17-6-4-16(5-7-17)18-8-10-20(22-3)11-9-18/h12,14,16-20H,4-11,13,15H2,1-3H3. The Morgan fingerprint density at radius 1 is 0.773 bits per heavy atom. The second-order valence-corrected chi connectivity index (χ2v) is 9.00. The van der Waals surface area contributed by atoms with Crippen LogP contribution in [0.1, 0.15) is 78.1 Å². The molecule has 2 saturated carbocycles. The second-order valence-electron chi connectivity index (χ2n) is 9.00. The molecule has 0 saturated heterocycles. The molecule has 3 aliphatic carbocycles. The topological polar surface area (TPSA) is 9.23 Å². The number of methoxy groups -OCH3 is 1. The predicted octanol–water partition coefficient (Wildman–Crippen LogP) is 5.99. The largest absolute Gasteiger partial charge is 0.381 e. The maximum absolute atomic E-state index is 5.53. The van der Waals surface area contributed by atoms with Crippen LogP contribution in [0.2, 0.25) is 0 Å². The van der Waals surface area contributed by atoms with Gasteiger partial charge in [0.05, 0.1) is 6.10 Å². The van der Waals surface area contributed by atoms with Gasteiger partial charge in [0, 0.05) is 7.11 Å². The van der Waals surface area contributed by atoms with Gasteiger partial charge in [-0.2, -0.15) is 0 Å². The maximum atomic E-state index is 5.53. The molecule has 0 radical (unpaired) electrons. The smallest absolute Gasteiger partial charge is 0.0571 e. The molecule has 1 atom stereocenters. The molecule has 22 heavy (non-hydrogen) atoms. The summed E-state index contributed by atoms with van der Waals surface area (Å²) in [4.78, 5) is 0. The lowest BCUT2D eigenvalue weighted by atomic mass is 9.66. The summed E-state index contributed by atoms with van der Waals surface area (Å²) in [6, 6.07) is 0. The van der Waals surface area contributed by atoms with Crippen molar-refractivity contribution in [3.05, 3.63) is 12.2 Å². The van der Waals surface area contributed by atoms with E-state index >= 15 is 0 Å². The Balaban J connectivity index is 1.45. The van der Waals surface area contributed by atoms with Crippen LogP contribution in [0, 0.1) is 29.1 Å². The van der Waals surface area contributed by atoms with Gasteiger partial charge in [-0.1, -0.05) is 26.0 Å². The first-order chi connectivity index (χ1) is 10.6. The first kappa shape index (κ1) is 16.6. The molecule has 1 heteroatoms. The number of ether oxygens (including phenoxy) is 1. The van der Waals surface area contributed by atoms with Crippen molar-refractivity contribution >= 4 is 0 Å². The Bertz CT molecular complexity index is 367. The van der Waals surface area contributed by atoms with Crippen molar-refractivity contribution in [3.63, 3.8) is 0 Å². The highest BCUT2D eigenvalue weighted by Crippen LogP contribution is 2.45. The van der Waals surface area contributed by atoms with E-state index in [-0.39, 0.29) is 0 Å². The lowest BCUT2D eigenvalue weighted by Crippen LogP contribution is -2.30. The molecule has 0 aromatic rings. The van der Waals surface area contributed by atoms with Crippen LogP contribution in [0.5, 0.6) is 0 Å². The van der Waals surface area contributed by atoms with E-state index in [0.29, 0.717) is 11.5 Å². The van der Waals surface area contributed by atoms with E-state index in [2.05, 4.69) is 26.0 Å². The Kier molecular flexibility index (Phi) is 5.32. The highest BCUT2D eigenvalue weighted by atomic mass is 16.5. The zero-order valence-corrected chi connectivity index (χ0v) is 15.0. The number of hydrogen-bond acceptors (Lipinski definition) is 1. The number of allylic oxidation sites excluding steroid dienone is 2. The molecule has 0 bridgehead atoms. The van der Waals surface area contributed by atoms with Gasteiger partial charge in [-0.05, 0) is 93.3 Å². The summed E-state index contributed by atoms with van der Waals surface area (Å²) in [6.45, 7) is 4.76. The average Bonchev–Trinajstić information content (AvgIpc) is 2.55. The summed E-state index contributed by atoms with van der Waals surface area (Å²) < 4.78 is 5.53. The summed E-state index contributed by atoms with van der Waals surface area (Å²) >= 11 is 0. The predicted molar refractivity (Wildman–Crippen MR) is 93.8 cm³/mol. The van der Waals surface area contributed by atoms with E-state index in [1.807, 2.05) is 7.11 Å². The van der Waals surface area contributed by atoms with Crippen molar-refractivity contribution in [3.8, 4) is 0 Å². The summed E-state index contributed by atoms with van der Waals surface area (Å²) in [5.41, 5.74) is 0.452. The lowest BCUT2D eigenvalue weighted by molar-refractivity contribution is 0.0377. The first-order valence-corrected chi connectivity index (χ1v) is 9.79. The van der Waals surface area contributed by atoms with E-state index in [9.17, 15) is 0 Å². The van der Waals surface area contributed by atoms with Gasteiger partial charge < -0.3 is 4.74 Å². The Morgan fingerprint density at radius 2 is 1.32 bits per heavy atom. The molecule has 0 amide bonds. The third kappa shape index (κ3) is 3.96. The van der Waals surface area contributed by atoms with Crippen LogP contribution in [0.4, 0.5) is 0 Å². The van der Waals surface area contributed by atoms with Crippen LogP contribution in [0.3, 0.4) is 0 Å². The molecule has 0 aromatic heterocycles. The van der Waals surface area contributed by atoms with Gasteiger partial charge in [-0.25, -0.2) is 0 Å². The minimum Gasteiger partial charge on any atom is -0.381 e. The zero-order chi connectivity index (χ0) is 15.6. The van der Waals surface area contributed by atoms with E-state index in [1.165, 1.54) is 64.2 Å². The molecule has 0 heterocycles. The van der Waals surface area contributed by atoms with Crippen LogP contribution in [-0.4, -0.2) is 13.2 Å². The summed E-state index contributed by atoms with van der Waals surface area (Å²) in [5.74, 6) is 3.91. The Labute approximate surface area is 137 Å². The molecule has 0 spiro atoms. The molecule has 0 N–H and O–H groups in total. The molecular formula is C21H36O. The van der Waals surface area contributed by atoms with Gasteiger partial charge in [0.25, 0.3) is 0 Å². The molecule has 3 aliphatic rings. The average molecular weight is 305 g/mol. The summed E-state index contributed by atoms with van der Waals surface area (Å²) in [6.07, 6.45) is 19.9. The SMILES string of the molecule is COC1CCC(C2CCC(C3C=CC(C)(C)CC3)CC2)CC1. The minimum atomic E-state index is 0.452. The molecule has 0 aliphatic heterocycles. The molecule has 3 rings (SSSR count). The van der Waals surface area contributed by atoms with E-state index in [4.69, 9.17) is 4.74 Å². The van der Waals surface area contributed by atoms with Crippen LogP contribution >= 0.6 is 0 Å². The molecular weight excluding hydrogens is 268 g/mol. The Hall–Kier alpha value is -0.300. The quantitative estimate of drug-likeness (QED) is 0.582. The van der Waals surface area contributed by atoms with Crippen LogP contribution in [-0.2, 0) is 4.74 Å². The number of hydrogen-bond donors (Lipinski definition) is 0. The summed E-state index contributed by atoms with van der Waals surface area (Å²) in [7, 11) is 1.88. The van der Waals surface area contributed by atoms with Crippen molar-refractivity contribution in [2.75, 3.05) is 7.11 Å². The van der Waals surface area contributed by atoms with Crippen LogP contribution < -0.4 is 0 Å². The van der Waals surface area contributed by atoms with Crippen molar-refractivity contribution in [1.82, 2.24) is 0 Å². The van der Waals surface area contributed by atoms with Gasteiger partial charge in [0.2, 0.25) is 0 Å². The highest BCUT2D eigenvalue weighted by molar-refractivity contribution is 5.04. The lowest BCUT2D eigenvalue weighted by Gasteiger charge is -2.40. The highest BCUT2D eigenvalue weighted by Gasteiger charge is 2.34. The fourth-order valence-electron chi connectivity index (χ4n) is 5.34. The van der Waals surface area contributed by atoms with Crippen LogP contribution in [0.15, 0.2) is 12.2 Å². The third-order valence-corrected chi connectivity index (χ3v) is 7.06. The fraction of sp³-hybridized carbons (Fsp3) is 0.905. The van der Waals surface area contributed by atoms with Gasteiger partial charge >= 0.3 is 0 Å². The molecule has 126 valence electrons. The van der Waals surface area contributed by atoms with Crippen molar-refractivity contribution < 1.29 is 4.74 Å². The molecule has 2 fully saturated rings. The van der Waals surface area contributed by atoms with E-state index in [1.54, 1.807) is 0 Å². The molecule has 1 nitrogen and oxygen atoms in total. The van der Waals surface area contributed by atoms with Gasteiger partial charge in [0.1, 0.15) is 0 Å². The molecule has 0 aromatic carbocycles. The zero-order valence-electron chi connectivity index (χ0n) is 15.0. The normalized spacial score (nSPS) is 42.2. The minimum absolute atomic E-state index is 0.452. The van der Waals surface area contributed by atoms with Gasteiger partial charge in [-0.15, -0.1) is 0 Å². The van der Waals surface area contributed by atoms with E-state index < -0.39 is 0 Å². The third-order valence-electron chi connectivity index (χ3n) is 7.06. The maximum Gasteiger partial charge on any atom is 0.0571 e. The van der Waals surface area contributed by atoms with Crippen molar-refractivity contribution in [1.29, 1.82) is 0 Å². The molecule has 1 unspecified atom stereocenters. The van der Waals surface area contributed by atoms with Crippen molar-refractivity contribution in [2.45, 2.75) is 84.2 Å². The van der Waals surface area contributed by atoms with Gasteiger partial charge in [-0.3, -0.25) is 0 Å². The second kappa shape index (κ2) is 7.07. The number of rotatable bonds is 3. The summed E-state index contributed by atoms with van der Waals surface area (Å²) in [5, 5.41) is 0. The monoisotopic (exact) mass is 304 g/mol. The fourth-order valence-corrected chi connectivity index (χ4v) is 5.34. The Morgan fingerprint density at radius 3 is 1.82 bits per heavy atom. The van der Waals surface area contributed by atoms with E-state index in [0.717, 1.165) is 23.7 Å². The van der Waals surface area contributed by atoms with Crippen LogP contribution in [0.25, 0.3) is 0 Å². The van der Waals surface area contributed by atoms with Gasteiger partial charge in [0.15, 0.2) is 0 Å². The van der Waals surface area contributed by atoms with Crippen molar-refractivity contribution in [2.24, 2.45) is 29.1 Å².